The Morgan fingerprint density at radius 2 is 2.05 bits per heavy atom. The van der Waals surface area contributed by atoms with Gasteiger partial charge in [-0.3, -0.25) is 0 Å². The van der Waals surface area contributed by atoms with Crippen LogP contribution in [0.2, 0.25) is 0 Å². The van der Waals surface area contributed by atoms with E-state index in [4.69, 9.17) is 0 Å². The van der Waals surface area contributed by atoms with E-state index in [0.717, 1.165) is 23.9 Å². The second kappa shape index (κ2) is 7.75. The van der Waals surface area contributed by atoms with Gasteiger partial charge in [0.05, 0.1) is 5.75 Å². The van der Waals surface area contributed by atoms with Gasteiger partial charge in [0.15, 0.2) is 0 Å². The van der Waals surface area contributed by atoms with E-state index in [1.807, 2.05) is 12.1 Å². The number of nitrogens with one attached hydrogen (secondary N) is 1. The maximum Gasteiger partial charge on any atom is 0.150 e. The maximum atomic E-state index is 11.6. The van der Waals surface area contributed by atoms with Crippen LogP contribution in [-0.4, -0.2) is 32.5 Å². The van der Waals surface area contributed by atoms with Crippen LogP contribution < -0.4 is 5.32 Å². The first-order valence-electron chi connectivity index (χ1n) is 7.70. The standard InChI is InChI=1S/C16H24BrNO2S/c1-2-21(19,20)11-5-6-13(12-18-14-9-10-14)15-7-3-4-8-16(15)17/h3-4,7-8,13-14,18H,2,5-6,9-12H2,1H3. The second-order valence-corrected chi connectivity index (χ2v) is 9.11. The minimum Gasteiger partial charge on any atom is -0.313 e. The first-order valence-corrected chi connectivity index (χ1v) is 10.3. The third-order valence-corrected chi connectivity index (χ3v) is 6.54. The Labute approximate surface area is 136 Å². The zero-order valence-corrected chi connectivity index (χ0v) is 14.9. The lowest BCUT2D eigenvalue weighted by atomic mass is 9.94. The highest BCUT2D eigenvalue weighted by Gasteiger charge is 2.23. The highest BCUT2D eigenvalue weighted by molar-refractivity contribution is 9.10. The van der Waals surface area contributed by atoms with Crippen LogP contribution in [0.1, 0.15) is 44.1 Å². The molecule has 1 N–H and O–H groups in total. The van der Waals surface area contributed by atoms with Crippen molar-refractivity contribution < 1.29 is 8.42 Å². The van der Waals surface area contributed by atoms with Crippen LogP contribution in [-0.2, 0) is 9.84 Å². The molecule has 1 aliphatic rings. The smallest absolute Gasteiger partial charge is 0.150 e. The average Bonchev–Trinajstić information content (AvgIpc) is 3.27. The van der Waals surface area contributed by atoms with Crippen LogP contribution in [0.5, 0.6) is 0 Å². The van der Waals surface area contributed by atoms with E-state index in [0.29, 0.717) is 17.7 Å². The predicted molar refractivity (Wildman–Crippen MR) is 91.5 cm³/mol. The van der Waals surface area contributed by atoms with Crippen molar-refractivity contribution >= 4 is 25.8 Å². The van der Waals surface area contributed by atoms with Crippen LogP contribution in [0.4, 0.5) is 0 Å². The minimum absolute atomic E-state index is 0.243. The summed E-state index contributed by atoms with van der Waals surface area (Å²) in [5, 5.41) is 3.57. The summed E-state index contributed by atoms with van der Waals surface area (Å²) >= 11 is 3.62. The molecule has 3 nitrogen and oxygen atoms in total. The monoisotopic (exact) mass is 373 g/mol. The van der Waals surface area contributed by atoms with Gasteiger partial charge in [-0.1, -0.05) is 41.1 Å². The molecular formula is C16H24BrNO2S. The van der Waals surface area contributed by atoms with Gasteiger partial charge in [0, 0.05) is 22.8 Å². The molecule has 1 aromatic carbocycles. The van der Waals surface area contributed by atoms with E-state index in [1.165, 1.54) is 18.4 Å². The maximum absolute atomic E-state index is 11.6. The third-order valence-electron chi connectivity index (χ3n) is 4.02. The lowest BCUT2D eigenvalue weighted by molar-refractivity contribution is 0.536. The fourth-order valence-electron chi connectivity index (χ4n) is 2.46. The van der Waals surface area contributed by atoms with E-state index >= 15 is 0 Å². The van der Waals surface area contributed by atoms with Gasteiger partial charge in [-0.2, -0.15) is 0 Å². The van der Waals surface area contributed by atoms with Crippen LogP contribution in [0.3, 0.4) is 0 Å². The Morgan fingerprint density at radius 1 is 1.33 bits per heavy atom. The van der Waals surface area contributed by atoms with Crippen molar-refractivity contribution in [3.8, 4) is 0 Å². The molecule has 0 heterocycles. The molecule has 1 saturated carbocycles. The highest BCUT2D eigenvalue weighted by atomic mass is 79.9. The van der Waals surface area contributed by atoms with Crippen molar-refractivity contribution in [1.29, 1.82) is 0 Å². The number of hydrogen-bond donors (Lipinski definition) is 1. The summed E-state index contributed by atoms with van der Waals surface area (Å²) in [7, 11) is -2.86. The Morgan fingerprint density at radius 3 is 2.67 bits per heavy atom. The summed E-state index contributed by atoms with van der Waals surface area (Å²) < 4.78 is 24.4. The quantitative estimate of drug-likeness (QED) is 0.720. The average molecular weight is 374 g/mol. The Balaban J connectivity index is 1.96. The Kier molecular flexibility index (Phi) is 6.26. The number of halogens is 1. The molecule has 0 radical (unpaired) electrons. The molecule has 118 valence electrons. The molecule has 5 heteroatoms. The predicted octanol–water partition coefficient (Wildman–Crippen LogP) is 3.50. The van der Waals surface area contributed by atoms with Crippen LogP contribution in [0, 0.1) is 0 Å². The van der Waals surface area contributed by atoms with Gasteiger partial charge in [0.1, 0.15) is 9.84 Å². The SMILES string of the molecule is CCS(=O)(=O)CCCC(CNC1CC1)c1ccccc1Br. The van der Waals surface area contributed by atoms with Gasteiger partial charge < -0.3 is 5.32 Å². The molecule has 0 saturated heterocycles. The van der Waals surface area contributed by atoms with E-state index in [2.05, 4.69) is 33.4 Å². The summed E-state index contributed by atoms with van der Waals surface area (Å²) in [6.07, 6.45) is 4.18. The zero-order chi connectivity index (χ0) is 15.3. The largest absolute Gasteiger partial charge is 0.313 e. The number of hydrogen-bond acceptors (Lipinski definition) is 3. The summed E-state index contributed by atoms with van der Waals surface area (Å²) in [4.78, 5) is 0. The normalized spacial score (nSPS) is 16.9. The summed E-state index contributed by atoms with van der Waals surface area (Å²) in [6.45, 7) is 2.65. The van der Waals surface area contributed by atoms with Gasteiger partial charge in [-0.25, -0.2) is 8.42 Å². The van der Waals surface area contributed by atoms with Crippen molar-refractivity contribution in [2.45, 2.75) is 44.6 Å². The summed E-state index contributed by atoms with van der Waals surface area (Å²) in [5.41, 5.74) is 1.28. The molecule has 0 amide bonds. The fraction of sp³-hybridized carbons (Fsp3) is 0.625. The van der Waals surface area contributed by atoms with Gasteiger partial charge in [-0.15, -0.1) is 0 Å². The van der Waals surface area contributed by atoms with E-state index in [1.54, 1.807) is 6.92 Å². The highest BCUT2D eigenvalue weighted by Crippen LogP contribution is 2.29. The summed E-state index contributed by atoms with van der Waals surface area (Å²) in [5.74, 6) is 0.911. The lowest BCUT2D eigenvalue weighted by Gasteiger charge is -2.19. The molecule has 0 aliphatic heterocycles. The van der Waals surface area contributed by atoms with Gasteiger partial charge in [0.25, 0.3) is 0 Å². The zero-order valence-electron chi connectivity index (χ0n) is 12.5. The molecule has 2 rings (SSSR count). The molecule has 0 aromatic heterocycles. The van der Waals surface area contributed by atoms with Crippen molar-refractivity contribution in [2.75, 3.05) is 18.1 Å². The van der Waals surface area contributed by atoms with Crippen molar-refractivity contribution in [1.82, 2.24) is 5.32 Å². The number of sulfone groups is 1. The van der Waals surface area contributed by atoms with Crippen molar-refractivity contribution in [3.63, 3.8) is 0 Å². The molecule has 0 spiro atoms. The molecule has 1 fully saturated rings. The number of benzene rings is 1. The second-order valence-electron chi connectivity index (χ2n) is 5.78. The minimum atomic E-state index is -2.86. The lowest BCUT2D eigenvalue weighted by Crippen LogP contribution is -2.24. The van der Waals surface area contributed by atoms with Gasteiger partial charge in [0.2, 0.25) is 0 Å². The van der Waals surface area contributed by atoms with E-state index in [-0.39, 0.29) is 5.75 Å². The molecule has 21 heavy (non-hydrogen) atoms. The van der Waals surface area contributed by atoms with Crippen LogP contribution in [0.15, 0.2) is 28.7 Å². The molecule has 1 aromatic rings. The molecule has 0 bridgehead atoms. The van der Waals surface area contributed by atoms with Crippen molar-refractivity contribution in [3.05, 3.63) is 34.3 Å². The summed E-state index contributed by atoms with van der Waals surface area (Å²) in [6, 6.07) is 8.93. The van der Waals surface area contributed by atoms with E-state index in [9.17, 15) is 8.42 Å². The Hall–Kier alpha value is -0.390. The van der Waals surface area contributed by atoms with Crippen molar-refractivity contribution in [2.24, 2.45) is 0 Å². The third kappa shape index (κ3) is 5.72. The Bertz CT molecular complexity index is 555. The first kappa shape index (κ1) is 17.0. The van der Waals surface area contributed by atoms with Gasteiger partial charge >= 0.3 is 0 Å². The molecular weight excluding hydrogens is 350 g/mol. The van der Waals surface area contributed by atoms with Crippen LogP contribution >= 0.6 is 15.9 Å². The molecule has 1 unspecified atom stereocenters. The fourth-order valence-corrected chi connectivity index (χ4v) is 3.97. The van der Waals surface area contributed by atoms with Gasteiger partial charge in [-0.05, 0) is 43.2 Å². The molecule has 1 aliphatic carbocycles. The topological polar surface area (TPSA) is 46.2 Å². The number of rotatable bonds is 9. The molecule has 1 atom stereocenters. The van der Waals surface area contributed by atoms with Crippen LogP contribution in [0.25, 0.3) is 0 Å². The van der Waals surface area contributed by atoms with E-state index < -0.39 is 9.84 Å². The first-order chi connectivity index (χ1) is 10.0.